The molecule has 0 atom stereocenters. The van der Waals surface area contributed by atoms with Gasteiger partial charge in [0.1, 0.15) is 0 Å². The van der Waals surface area contributed by atoms with Crippen molar-refractivity contribution in [2.75, 3.05) is 0 Å². The molecule has 0 aromatic carbocycles. The third kappa shape index (κ3) is 3.01. The fourth-order valence-electron chi connectivity index (χ4n) is 2.01. The minimum Gasteiger partial charge on any atom is -0.327 e. The second-order valence-electron chi connectivity index (χ2n) is 4.58. The first-order valence-electron chi connectivity index (χ1n) is 6.16. The lowest BCUT2D eigenvalue weighted by atomic mass is 10.1. The first-order chi connectivity index (χ1) is 8.99. The van der Waals surface area contributed by atoms with Crippen LogP contribution in [0.5, 0.6) is 0 Å². The molecule has 0 N–H and O–H groups in total. The average Bonchev–Trinajstić information content (AvgIpc) is 2.84. The van der Waals surface area contributed by atoms with E-state index in [2.05, 4.69) is 10.1 Å². The summed E-state index contributed by atoms with van der Waals surface area (Å²) < 4.78 is 3.70. The molecular formula is C13H18N4OS. The molecule has 1 amide bonds. The molecule has 0 saturated heterocycles. The molecule has 19 heavy (non-hydrogen) atoms. The third-order valence-corrected chi connectivity index (χ3v) is 4.08. The summed E-state index contributed by atoms with van der Waals surface area (Å²) in [5, 5.41) is 6.27. The molecular weight excluding hydrogens is 260 g/mol. The van der Waals surface area contributed by atoms with Gasteiger partial charge in [0.15, 0.2) is 4.80 Å². The maximum atomic E-state index is 11.9. The second-order valence-corrected chi connectivity index (χ2v) is 5.45. The molecule has 0 aliphatic heterocycles. The highest BCUT2D eigenvalue weighted by Crippen LogP contribution is 2.14. The van der Waals surface area contributed by atoms with E-state index >= 15 is 0 Å². The predicted molar refractivity (Wildman–Crippen MR) is 74.9 cm³/mol. The number of hydrogen-bond acceptors (Lipinski definition) is 3. The van der Waals surface area contributed by atoms with Gasteiger partial charge in [0.25, 0.3) is 0 Å². The van der Waals surface area contributed by atoms with E-state index in [1.807, 2.05) is 48.8 Å². The molecule has 6 heteroatoms. The van der Waals surface area contributed by atoms with Crippen LogP contribution in [0.2, 0.25) is 0 Å². The summed E-state index contributed by atoms with van der Waals surface area (Å²) in [6.45, 7) is 4.00. The molecule has 0 unspecified atom stereocenters. The minimum absolute atomic E-state index is 0.0827. The van der Waals surface area contributed by atoms with Crippen molar-refractivity contribution in [1.82, 2.24) is 14.3 Å². The SMILES string of the molecule is Cc1nn(C)c(C)c1CCC(=O)N=c1sccn1C. The molecule has 102 valence electrons. The topological polar surface area (TPSA) is 52.2 Å². The molecule has 0 bridgehead atoms. The monoisotopic (exact) mass is 278 g/mol. The van der Waals surface area contributed by atoms with E-state index in [0.717, 1.165) is 21.8 Å². The van der Waals surface area contributed by atoms with E-state index < -0.39 is 0 Å². The second kappa shape index (κ2) is 5.52. The number of rotatable bonds is 3. The van der Waals surface area contributed by atoms with E-state index in [-0.39, 0.29) is 5.91 Å². The normalized spacial score (nSPS) is 12.1. The van der Waals surface area contributed by atoms with Crippen molar-refractivity contribution in [2.24, 2.45) is 19.1 Å². The fourth-order valence-corrected chi connectivity index (χ4v) is 2.76. The smallest absolute Gasteiger partial charge is 0.248 e. The first kappa shape index (κ1) is 13.7. The highest BCUT2D eigenvalue weighted by Gasteiger charge is 2.11. The van der Waals surface area contributed by atoms with Crippen molar-refractivity contribution >= 4 is 17.2 Å². The maximum Gasteiger partial charge on any atom is 0.248 e. The molecule has 2 aromatic heterocycles. The van der Waals surface area contributed by atoms with Gasteiger partial charge in [-0.1, -0.05) is 0 Å². The van der Waals surface area contributed by atoms with E-state index in [1.165, 1.54) is 11.3 Å². The molecule has 0 fully saturated rings. The van der Waals surface area contributed by atoms with Crippen molar-refractivity contribution in [2.45, 2.75) is 26.7 Å². The van der Waals surface area contributed by atoms with Gasteiger partial charge in [-0.15, -0.1) is 11.3 Å². The van der Waals surface area contributed by atoms with E-state index in [4.69, 9.17) is 0 Å². The Labute approximate surface area is 116 Å². The standard InChI is InChI=1S/C13H18N4OS/c1-9-11(10(2)17(4)15-9)5-6-12(18)14-13-16(3)7-8-19-13/h7-8H,5-6H2,1-4H3. The lowest BCUT2D eigenvalue weighted by Crippen LogP contribution is -2.12. The quantitative estimate of drug-likeness (QED) is 0.854. The summed E-state index contributed by atoms with van der Waals surface area (Å²) in [7, 11) is 3.81. The molecule has 0 radical (unpaired) electrons. The molecule has 0 aliphatic rings. The number of hydrogen-bond donors (Lipinski definition) is 0. The Morgan fingerprint density at radius 1 is 1.42 bits per heavy atom. The highest BCUT2D eigenvalue weighted by atomic mass is 32.1. The van der Waals surface area contributed by atoms with Crippen LogP contribution in [0.25, 0.3) is 0 Å². The summed E-state index contributed by atoms with van der Waals surface area (Å²) in [6.07, 6.45) is 3.01. The molecule has 0 aliphatic carbocycles. The Hall–Kier alpha value is -1.69. The summed E-state index contributed by atoms with van der Waals surface area (Å²) in [4.78, 5) is 16.7. The molecule has 2 heterocycles. The fraction of sp³-hybridized carbons (Fsp3) is 0.462. The Kier molecular flexibility index (Phi) is 3.99. The number of amides is 1. The van der Waals surface area contributed by atoms with Gasteiger partial charge in [-0.3, -0.25) is 9.48 Å². The van der Waals surface area contributed by atoms with Gasteiger partial charge in [-0.05, 0) is 25.8 Å². The van der Waals surface area contributed by atoms with Crippen LogP contribution < -0.4 is 4.80 Å². The lowest BCUT2D eigenvalue weighted by molar-refractivity contribution is -0.118. The van der Waals surface area contributed by atoms with Crippen LogP contribution in [0.4, 0.5) is 0 Å². The van der Waals surface area contributed by atoms with Gasteiger partial charge in [0, 0.05) is 37.8 Å². The van der Waals surface area contributed by atoms with Crippen LogP contribution >= 0.6 is 11.3 Å². The van der Waals surface area contributed by atoms with Gasteiger partial charge in [-0.2, -0.15) is 10.1 Å². The van der Waals surface area contributed by atoms with Gasteiger partial charge < -0.3 is 4.57 Å². The number of nitrogens with zero attached hydrogens (tertiary/aromatic N) is 4. The average molecular weight is 278 g/mol. The number of aryl methyl sites for hydroxylation is 3. The molecule has 0 saturated carbocycles. The van der Waals surface area contributed by atoms with E-state index in [0.29, 0.717) is 12.8 Å². The van der Waals surface area contributed by atoms with Crippen molar-refractivity contribution < 1.29 is 4.79 Å². The Bertz CT molecular complexity index is 662. The van der Waals surface area contributed by atoms with Crippen molar-refractivity contribution in [3.63, 3.8) is 0 Å². The van der Waals surface area contributed by atoms with Crippen LogP contribution in [0, 0.1) is 13.8 Å². The molecule has 5 nitrogen and oxygen atoms in total. The Balaban J connectivity index is 2.08. The number of carbonyl (C=O) groups is 1. The summed E-state index contributed by atoms with van der Waals surface area (Å²) in [6, 6.07) is 0. The zero-order valence-corrected chi connectivity index (χ0v) is 12.5. The van der Waals surface area contributed by atoms with Gasteiger partial charge in [0.05, 0.1) is 5.69 Å². The van der Waals surface area contributed by atoms with Gasteiger partial charge >= 0.3 is 0 Å². The summed E-state index contributed by atoms with van der Waals surface area (Å²) in [5.41, 5.74) is 3.27. The number of thiazole rings is 1. The number of carbonyl (C=O) groups excluding carboxylic acids is 1. The number of aromatic nitrogens is 3. The largest absolute Gasteiger partial charge is 0.327 e. The minimum atomic E-state index is -0.0827. The maximum absolute atomic E-state index is 11.9. The lowest BCUT2D eigenvalue weighted by Gasteiger charge is -1.99. The Morgan fingerprint density at radius 3 is 2.68 bits per heavy atom. The van der Waals surface area contributed by atoms with E-state index in [1.54, 1.807) is 0 Å². The van der Waals surface area contributed by atoms with Crippen molar-refractivity contribution in [3.05, 3.63) is 33.3 Å². The van der Waals surface area contributed by atoms with Gasteiger partial charge in [0.2, 0.25) is 5.91 Å². The van der Waals surface area contributed by atoms with Crippen molar-refractivity contribution in [1.29, 1.82) is 0 Å². The zero-order valence-electron chi connectivity index (χ0n) is 11.7. The summed E-state index contributed by atoms with van der Waals surface area (Å²) >= 11 is 1.47. The van der Waals surface area contributed by atoms with Crippen molar-refractivity contribution in [3.8, 4) is 0 Å². The van der Waals surface area contributed by atoms with Crippen LogP contribution in [0.3, 0.4) is 0 Å². The van der Waals surface area contributed by atoms with Crippen LogP contribution in [-0.2, 0) is 25.3 Å². The van der Waals surface area contributed by atoms with Crippen LogP contribution in [0.15, 0.2) is 16.6 Å². The molecule has 2 aromatic rings. The molecule has 0 spiro atoms. The van der Waals surface area contributed by atoms with E-state index in [9.17, 15) is 4.79 Å². The highest BCUT2D eigenvalue weighted by molar-refractivity contribution is 7.07. The predicted octanol–water partition coefficient (Wildman–Crippen LogP) is 1.50. The van der Waals surface area contributed by atoms with Crippen LogP contribution in [-0.4, -0.2) is 20.3 Å². The Morgan fingerprint density at radius 2 is 2.16 bits per heavy atom. The zero-order chi connectivity index (χ0) is 14.0. The third-order valence-electron chi connectivity index (χ3n) is 3.23. The first-order valence-corrected chi connectivity index (χ1v) is 7.03. The van der Waals surface area contributed by atoms with Gasteiger partial charge in [-0.25, -0.2) is 0 Å². The van der Waals surface area contributed by atoms with Crippen LogP contribution in [0.1, 0.15) is 23.4 Å². The molecule has 2 rings (SSSR count). The summed E-state index contributed by atoms with van der Waals surface area (Å²) in [5.74, 6) is -0.0827.